The van der Waals surface area contributed by atoms with Gasteiger partial charge in [-0.1, -0.05) is 36.7 Å². The van der Waals surface area contributed by atoms with Gasteiger partial charge < -0.3 is 10.2 Å². The molecule has 0 radical (unpaired) electrons. The fourth-order valence-corrected chi connectivity index (χ4v) is 3.51. The normalized spacial score (nSPS) is 17.2. The van der Waals surface area contributed by atoms with E-state index in [1.54, 1.807) is 12.1 Å². The highest BCUT2D eigenvalue weighted by atomic mass is 35.5. The largest absolute Gasteiger partial charge is 0.371 e. The van der Waals surface area contributed by atoms with Crippen molar-refractivity contribution in [3.05, 3.63) is 64.4 Å². The zero-order valence-electron chi connectivity index (χ0n) is 15.0. The van der Waals surface area contributed by atoms with Crippen molar-refractivity contribution in [3.63, 3.8) is 0 Å². The molecule has 138 valence electrons. The fourth-order valence-electron chi connectivity index (χ4n) is 3.35. The summed E-state index contributed by atoms with van der Waals surface area (Å²) in [6, 6.07) is 12.7. The van der Waals surface area contributed by atoms with Gasteiger partial charge in [0.1, 0.15) is 5.82 Å². The van der Waals surface area contributed by atoms with E-state index in [-0.39, 0.29) is 12.3 Å². The lowest BCUT2D eigenvalue weighted by molar-refractivity contribution is -0.120. The first-order valence-electron chi connectivity index (χ1n) is 9.06. The molecule has 1 atom stereocenters. The second-order valence-corrected chi connectivity index (χ2v) is 7.49. The Morgan fingerprint density at radius 1 is 1.27 bits per heavy atom. The van der Waals surface area contributed by atoms with Crippen LogP contribution in [-0.2, 0) is 17.8 Å². The van der Waals surface area contributed by atoms with Crippen LogP contribution >= 0.6 is 11.6 Å². The maximum Gasteiger partial charge on any atom is 0.224 e. The molecule has 1 amide bonds. The number of hydrogen-bond acceptors (Lipinski definition) is 2. The first-order valence-corrected chi connectivity index (χ1v) is 9.43. The van der Waals surface area contributed by atoms with Gasteiger partial charge in [-0.2, -0.15) is 0 Å². The zero-order chi connectivity index (χ0) is 18.5. The molecule has 0 aromatic heterocycles. The van der Waals surface area contributed by atoms with E-state index in [4.69, 9.17) is 11.6 Å². The van der Waals surface area contributed by atoms with E-state index >= 15 is 0 Å². The maximum atomic E-state index is 13.8. The number of hydrogen-bond donors (Lipinski definition) is 1. The quantitative estimate of drug-likeness (QED) is 0.831. The number of carbonyl (C=O) groups is 1. The number of amides is 1. The average Bonchev–Trinajstić information content (AvgIpc) is 2.63. The van der Waals surface area contributed by atoms with Crippen LogP contribution in [0.4, 0.5) is 10.1 Å². The van der Waals surface area contributed by atoms with Gasteiger partial charge in [-0.3, -0.25) is 4.79 Å². The van der Waals surface area contributed by atoms with Crippen molar-refractivity contribution in [2.24, 2.45) is 5.92 Å². The zero-order valence-corrected chi connectivity index (χ0v) is 15.7. The highest BCUT2D eigenvalue weighted by molar-refractivity contribution is 6.30. The highest BCUT2D eigenvalue weighted by Gasteiger charge is 2.16. The summed E-state index contributed by atoms with van der Waals surface area (Å²) in [5.41, 5.74) is 2.61. The molecule has 0 bridgehead atoms. The van der Waals surface area contributed by atoms with Crippen molar-refractivity contribution < 1.29 is 9.18 Å². The van der Waals surface area contributed by atoms with Crippen molar-refractivity contribution >= 4 is 23.2 Å². The van der Waals surface area contributed by atoms with Gasteiger partial charge in [0.2, 0.25) is 5.91 Å². The summed E-state index contributed by atoms with van der Waals surface area (Å²) in [5.74, 6) is 0.0731. The number of nitrogens with one attached hydrogen (secondary N) is 1. The minimum absolute atomic E-state index is 0.00670. The summed E-state index contributed by atoms with van der Waals surface area (Å²) < 4.78 is 13.8. The first kappa shape index (κ1) is 18.7. The highest BCUT2D eigenvalue weighted by Crippen LogP contribution is 2.23. The molecule has 1 saturated heterocycles. The van der Waals surface area contributed by atoms with E-state index in [0.29, 0.717) is 17.1 Å². The second-order valence-electron chi connectivity index (χ2n) is 7.05. The topological polar surface area (TPSA) is 32.3 Å². The van der Waals surface area contributed by atoms with Crippen LogP contribution in [0, 0.1) is 11.7 Å². The predicted molar refractivity (Wildman–Crippen MR) is 104 cm³/mol. The van der Waals surface area contributed by atoms with Crippen LogP contribution in [-0.4, -0.2) is 19.0 Å². The number of halogens is 2. The van der Waals surface area contributed by atoms with Gasteiger partial charge in [-0.05, 0) is 54.2 Å². The first-order chi connectivity index (χ1) is 12.5. The van der Waals surface area contributed by atoms with Crippen LogP contribution in [0.3, 0.4) is 0 Å². The van der Waals surface area contributed by atoms with E-state index < -0.39 is 5.82 Å². The Morgan fingerprint density at radius 2 is 2.04 bits per heavy atom. The number of carbonyl (C=O) groups excluding carboxylic acids is 1. The Kier molecular flexibility index (Phi) is 6.15. The van der Waals surface area contributed by atoms with E-state index in [9.17, 15) is 9.18 Å². The van der Waals surface area contributed by atoms with Crippen LogP contribution in [0.15, 0.2) is 42.5 Å². The van der Waals surface area contributed by atoms with E-state index in [1.165, 1.54) is 24.6 Å². The third-order valence-electron chi connectivity index (χ3n) is 4.81. The van der Waals surface area contributed by atoms with Crippen LogP contribution in [0.25, 0.3) is 0 Å². The van der Waals surface area contributed by atoms with Crippen molar-refractivity contribution in [2.75, 3.05) is 18.0 Å². The van der Waals surface area contributed by atoms with E-state index in [0.717, 1.165) is 24.6 Å². The molecule has 1 N–H and O–H groups in total. The molecule has 0 saturated carbocycles. The summed E-state index contributed by atoms with van der Waals surface area (Å²) in [5, 5.41) is 3.17. The summed E-state index contributed by atoms with van der Waals surface area (Å²) >= 11 is 5.73. The molecule has 3 rings (SSSR count). The molecule has 1 aliphatic heterocycles. The SMILES string of the molecule is C[C@H]1CCCN(c2ccc(CNC(=O)Cc3ccc(Cl)cc3F)cc2)C1. The standard InChI is InChI=1S/C21H24ClFN2O/c1-15-3-2-10-25(14-15)19-8-4-16(5-9-19)13-24-21(26)11-17-6-7-18(22)12-20(17)23/h4-9,12,15H,2-3,10-11,13-14H2,1H3,(H,24,26)/t15-/m0/s1. The van der Waals surface area contributed by atoms with Crippen molar-refractivity contribution in [1.29, 1.82) is 0 Å². The molecule has 2 aromatic rings. The smallest absolute Gasteiger partial charge is 0.224 e. The van der Waals surface area contributed by atoms with Gasteiger partial charge in [-0.25, -0.2) is 4.39 Å². The third kappa shape index (κ3) is 4.98. The van der Waals surface area contributed by atoms with Crippen molar-refractivity contribution in [1.82, 2.24) is 5.32 Å². The van der Waals surface area contributed by atoms with Crippen LogP contribution in [0.1, 0.15) is 30.9 Å². The van der Waals surface area contributed by atoms with Gasteiger partial charge in [0, 0.05) is 30.3 Å². The minimum Gasteiger partial charge on any atom is -0.371 e. The van der Waals surface area contributed by atoms with Gasteiger partial charge in [0.25, 0.3) is 0 Å². The Bertz CT molecular complexity index is 763. The molecule has 0 spiro atoms. The van der Waals surface area contributed by atoms with Gasteiger partial charge in [0.15, 0.2) is 0 Å². The summed E-state index contributed by atoms with van der Waals surface area (Å²) in [6.45, 7) is 4.93. The van der Waals surface area contributed by atoms with Gasteiger partial charge >= 0.3 is 0 Å². The molecule has 3 nitrogen and oxygen atoms in total. The Labute approximate surface area is 159 Å². The molecule has 0 aliphatic carbocycles. The predicted octanol–water partition coefficient (Wildman–Crippen LogP) is 4.57. The molecule has 1 heterocycles. The molecular weight excluding hydrogens is 351 g/mol. The van der Waals surface area contributed by atoms with E-state index in [2.05, 4.69) is 29.3 Å². The molecular formula is C21H24ClFN2O. The Hall–Kier alpha value is -2.07. The third-order valence-corrected chi connectivity index (χ3v) is 5.05. The van der Waals surface area contributed by atoms with Crippen molar-refractivity contribution in [2.45, 2.75) is 32.7 Å². The Morgan fingerprint density at radius 3 is 2.73 bits per heavy atom. The second kappa shape index (κ2) is 8.54. The maximum absolute atomic E-state index is 13.8. The minimum atomic E-state index is -0.451. The van der Waals surface area contributed by atoms with Crippen LogP contribution in [0.2, 0.25) is 5.02 Å². The monoisotopic (exact) mass is 374 g/mol. The van der Waals surface area contributed by atoms with Gasteiger partial charge in [-0.15, -0.1) is 0 Å². The number of nitrogens with zero attached hydrogens (tertiary/aromatic N) is 1. The lowest BCUT2D eigenvalue weighted by Crippen LogP contribution is -2.34. The number of rotatable bonds is 5. The average molecular weight is 375 g/mol. The molecule has 0 unspecified atom stereocenters. The summed E-state index contributed by atoms with van der Waals surface area (Å²) in [6.07, 6.45) is 2.54. The number of benzene rings is 2. The number of anilines is 1. The molecule has 1 aliphatic rings. The van der Waals surface area contributed by atoms with Crippen molar-refractivity contribution in [3.8, 4) is 0 Å². The fraction of sp³-hybridized carbons (Fsp3) is 0.381. The molecule has 26 heavy (non-hydrogen) atoms. The van der Waals surface area contributed by atoms with E-state index in [1.807, 2.05) is 12.1 Å². The molecule has 1 fully saturated rings. The van der Waals surface area contributed by atoms with Crippen LogP contribution < -0.4 is 10.2 Å². The Balaban J connectivity index is 1.52. The molecule has 2 aromatic carbocycles. The van der Waals surface area contributed by atoms with Gasteiger partial charge in [0.05, 0.1) is 6.42 Å². The number of piperidine rings is 1. The lowest BCUT2D eigenvalue weighted by atomic mass is 9.99. The van der Waals surface area contributed by atoms with Crippen LogP contribution in [0.5, 0.6) is 0 Å². The summed E-state index contributed by atoms with van der Waals surface area (Å²) in [4.78, 5) is 14.5. The molecule has 5 heteroatoms. The lowest BCUT2D eigenvalue weighted by Gasteiger charge is -2.32. The summed E-state index contributed by atoms with van der Waals surface area (Å²) in [7, 11) is 0.